The number of halogens is 1. The summed E-state index contributed by atoms with van der Waals surface area (Å²) in [5.74, 6) is 0.373. The SMILES string of the molecule is COc1cc([C@H]2NC(=O)NC(C)=C2C(=O)Nc2ccccc2)cc(Br)c1OCC#N. The van der Waals surface area contributed by atoms with E-state index in [4.69, 9.17) is 14.7 Å². The van der Waals surface area contributed by atoms with Gasteiger partial charge in [0, 0.05) is 11.4 Å². The lowest BCUT2D eigenvalue weighted by Crippen LogP contribution is -2.46. The van der Waals surface area contributed by atoms with E-state index in [9.17, 15) is 9.59 Å². The van der Waals surface area contributed by atoms with Crippen LogP contribution in [0.2, 0.25) is 0 Å². The highest BCUT2D eigenvalue weighted by Crippen LogP contribution is 2.40. The third-order valence-corrected chi connectivity index (χ3v) is 5.00. The zero-order chi connectivity index (χ0) is 21.7. The number of carbonyl (C=O) groups is 2. The molecule has 9 heteroatoms. The molecule has 3 rings (SSSR count). The van der Waals surface area contributed by atoms with E-state index in [-0.39, 0.29) is 12.5 Å². The zero-order valence-corrected chi connectivity index (χ0v) is 17.9. The number of amides is 3. The van der Waals surface area contributed by atoms with Gasteiger partial charge in [0.2, 0.25) is 0 Å². The highest BCUT2D eigenvalue weighted by Gasteiger charge is 2.32. The van der Waals surface area contributed by atoms with Crippen molar-refractivity contribution in [1.82, 2.24) is 10.6 Å². The number of allylic oxidation sites excluding steroid dienone is 1. The summed E-state index contributed by atoms with van der Waals surface area (Å²) in [5, 5.41) is 17.1. The first-order valence-electron chi connectivity index (χ1n) is 8.96. The maximum Gasteiger partial charge on any atom is 0.319 e. The standard InChI is InChI=1S/C21H19BrN4O4/c1-12-17(20(27)25-14-6-4-3-5-7-14)18(26-21(28)24-12)13-10-15(22)19(30-9-8-23)16(11-13)29-2/h3-7,10-11,18H,9H2,1-2H3,(H,25,27)(H2,24,26,28)/t18-/m1/s1. The fourth-order valence-electron chi connectivity index (χ4n) is 3.12. The highest BCUT2D eigenvalue weighted by atomic mass is 79.9. The van der Waals surface area contributed by atoms with Gasteiger partial charge in [0.15, 0.2) is 18.1 Å². The molecule has 0 saturated heterocycles. The molecule has 0 aromatic heterocycles. The lowest BCUT2D eigenvalue weighted by atomic mass is 9.94. The summed E-state index contributed by atoms with van der Waals surface area (Å²) in [7, 11) is 1.47. The number of hydrogen-bond acceptors (Lipinski definition) is 5. The molecule has 3 N–H and O–H groups in total. The largest absolute Gasteiger partial charge is 0.493 e. The van der Waals surface area contributed by atoms with Crippen LogP contribution >= 0.6 is 15.9 Å². The molecule has 0 fully saturated rings. The number of nitrogens with one attached hydrogen (secondary N) is 3. The van der Waals surface area contributed by atoms with Crippen LogP contribution in [0.15, 0.2) is 58.2 Å². The quantitative estimate of drug-likeness (QED) is 0.596. The lowest BCUT2D eigenvalue weighted by molar-refractivity contribution is -0.113. The van der Waals surface area contributed by atoms with Crippen LogP contribution in [0.1, 0.15) is 18.5 Å². The average Bonchev–Trinajstić information content (AvgIpc) is 2.72. The third-order valence-electron chi connectivity index (χ3n) is 4.41. The van der Waals surface area contributed by atoms with Crippen molar-refractivity contribution in [3.05, 3.63) is 63.8 Å². The molecule has 3 amide bonds. The number of benzene rings is 2. The monoisotopic (exact) mass is 470 g/mol. The van der Waals surface area contributed by atoms with Gasteiger partial charge in [-0.25, -0.2) is 4.79 Å². The van der Waals surface area contributed by atoms with Crippen LogP contribution in [0.4, 0.5) is 10.5 Å². The third kappa shape index (κ3) is 4.55. The minimum atomic E-state index is -0.724. The van der Waals surface area contributed by atoms with Crippen molar-refractivity contribution in [3.63, 3.8) is 0 Å². The van der Waals surface area contributed by atoms with Crippen LogP contribution in [0.25, 0.3) is 0 Å². The fraction of sp³-hybridized carbons (Fsp3) is 0.190. The number of hydrogen-bond donors (Lipinski definition) is 3. The van der Waals surface area contributed by atoms with E-state index in [2.05, 4.69) is 31.9 Å². The number of ether oxygens (including phenoxy) is 2. The molecule has 1 aliphatic rings. The molecule has 0 unspecified atom stereocenters. The lowest BCUT2D eigenvalue weighted by Gasteiger charge is -2.29. The van der Waals surface area contributed by atoms with Crippen molar-refractivity contribution in [1.29, 1.82) is 5.26 Å². The van der Waals surface area contributed by atoms with Crippen LogP contribution in [-0.4, -0.2) is 25.7 Å². The Hall–Kier alpha value is -3.51. The van der Waals surface area contributed by atoms with Crippen molar-refractivity contribution < 1.29 is 19.1 Å². The molecule has 0 saturated carbocycles. The van der Waals surface area contributed by atoms with Gasteiger partial charge in [-0.1, -0.05) is 18.2 Å². The maximum absolute atomic E-state index is 13.1. The zero-order valence-electron chi connectivity index (χ0n) is 16.3. The predicted octanol–water partition coefficient (Wildman–Crippen LogP) is 3.63. The number of nitriles is 1. The van der Waals surface area contributed by atoms with E-state index in [1.807, 2.05) is 24.3 Å². The van der Waals surface area contributed by atoms with Gasteiger partial charge in [0.05, 0.1) is 23.2 Å². The van der Waals surface area contributed by atoms with Crippen molar-refractivity contribution in [2.45, 2.75) is 13.0 Å². The number of anilines is 1. The van der Waals surface area contributed by atoms with E-state index in [1.165, 1.54) is 7.11 Å². The Labute approximate surface area is 182 Å². The van der Waals surface area contributed by atoms with E-state index < -0.39 is 12.1 Å². The topological polar surface area (TPSA) is 112 Å². The Balaban J connectivity index is 2.00. The van der Waals surface area contributed by atoms with Crippen molar-refractivity contribution in [2.75, 3.05) is 19.0 Å². The van der Waals surface area contributed by atoms with Crippen LogP contribution in [0.5, 0.6) is 11.5 Å². The number of urea groups is 1. The first-order valence-corrected chi connectivity index (χ1v) is 9.75. The van der Waals surface area contributed by atoms with Gasteiger partial charge in [-0.3, -0.25) is 4.79 Å². The Kier molecular flexibility index (Phi) is 6.59. The Morgan fingerprint density at radius 3 is 2.70 bits per heavy atom. The molecule has 2 aromatic rings. The van der Waals surface area contributed by atoms with Gasteiger partial charge in [-0.15, -0.1) is 0 Å². The molecule has 0 radical (unpaired) electrons. The molecule has 2 aromatic carbocycles. The molecule has 0 aliphatic carbocycles. The Morgan fingerprint density at radius 1 is 1.30 bits per heavy atom. The van der Waals surface area contributed by atoms with Crippen LogP contribution in [0, 0.1) is 11.3 Å². The summed E-state index contributed by atoms with van der Waals surface area (Å²) < 4.78 is 11.3. The first-order chi connectivity index (χ1) is 14.4. The summed E-state index contributed by atoms with van der Waals surface area (Å²) in [6.07, 6.45) is 0. The number of nitrogens with zero attached hydrogens (tertiary/aromatic N) is 1. The number of rotatable bonds is 6. The summed E-state index contributed by atoms with van der Waals surface area (Å²) >= 11 is 3.42. The summed E-state index contributed by atoms with van der Waals surface area (Å²) in [5.41, 5.74) is 2.04. The molecular formula is C21H19BrN4O4. The maximum atomic E-state index is 13.1. The fourth-order valence-corrected chi connectivity index (χ4v) is 3.69. The number of methoxy groups -OCH3 is 1. The first kappa shape index (κ1) is 21.2. The second kappa shape index (κ2) is 9.33. The van der Waals surface area contributed by atoms with Gasteiger partial charge in [0.1, 0.15) is 6.07 Å². The predicted molar refractivity (Wildman–Crippen MR) is 114 cm³/mol. The second-order valence-corrected chi connectivity index (χ2v) is 7.23. The molecule has 154 valence electrons. The minimum Gasteiger partial charge on any atom is -0.493 e. The van der Waals surface area contributed by atoms with E-state index in [0.717, 1.165) is 0 Å². The molecule has 30 heavy (non-hydrogen) atoms. The summed E-state index contributed by atoms with van der Waals surface area (Å²) in [6, 6.07) is 13.2. The van der Waals surface area contributed by atoms with Crippen LogP contribution < -0.4 is 25.4 Å². The van der Waals surface area contributed by atoms with Crippen LogP contribution in [0.3, 0.4) is 0 Å². The molecule has 0 spiro atoms. The molecule has 1 heterocycles. The van der Waals surface area contributed by atoms with Gasteiger partial charge in [-0.2, -0.15) is 5.26 Å². The molecule has 8 nitrogen and oxygen atoms in total. The van der Waals surface area contributed by atoms with Gasteiger partial charge < -0.3 is 25.4 Å². The molecule has 1 aliphatic heterocycles. The molecule has 1 atom stereocenters. The average molecular weight is 471 g/mol. The minimum absolute atomic E-state index is 0.151. The van der Waals surface area contributed by atoms with E-state index in [0.29, 0.717) is 38.5 Å². The van der Waals surface area contributed by atoms with Crippen molar-refractivity contribution in [2.24, 2.45) is 0 Å². The highest BCUT2D eigenvalue weighted by molar-refractivity contribution is 9.10. The number of para-hydroxylation sites is 1. The smallest absolute Gasteiger partial charge is 0.319 e. The molecule has 0 bridgehead atoms. The van der Waals surface area contributed by atoms with E-state index >= 15 is 0 Å². The van der Waals surface area contributed by atoms with Gasteiger partial charge >= 0.3 is 6.03 Å². The summed E-state index contributed by atoms with van der Waals surface area (Å²) in [6.45, 7) is 1.52. The summed E-state index contributed by atoms with van der Waals surface area (Å²) in [4.78, 5) is 25.2. The number of carbonyl (C=O) groups excluding carboxylic acids is 2. The van der Waals surface area contributed by atoms with E-state index in [1.54, 1.807) is 31.2 Å². The van der Waals surface area contributed by atoms with Crippen molar-refractivity contribution >= 4 is 33.6 Å². The van der Waals surface area contributed by atoms with Gasteiger partial charge in [0.25, 0.3) is 5.91 Å². The Morgan fingerprint density at radius 2 is 2.03 bits per heavy atom. The molecular weight excluding hydrogens is 452 g/mol. The second-order valence-electron chi connectivity index (χ2n) is 6.37. The normalized spacial score (nSPS) is 15.5. The van der Waals surface area contributed by atoms with Crippen molar-refractivity contribution in [3.8, 4) is 17.6 Å². The van der Waals surface area contributed by atoms with Gasteiger partial charge in [-0.05, 0) is 52.7 Å². The Bertz CT molecular complexity index is 1050. The van der Waals surface area contributed by atoms with Crippen LogP contribution in [-0.2, 0) is 4.79 Å².